The Bertz CT molecular complexity index is 1430. The Labute approximate surface area is 246 Å². The van der Waals surface area contributed by atoms with E-state index in [2.05, 4.69) is 35.6 Å². The second kappa shape index (κ2) is 12.4. The zero-order valence-electron chi connectivity index (χ0n) is 24.4. The molecule has 0 radical (unpaired) electrons. The third-order valence-corrected chi connectivity index (χ3v) is 7.46. The highest BCUT2D eigenvalue weighted by Crippen LogP contribution is 2.42. The Hall–Kier alpha value is -3.82. The molecular weight excluding hydrogens is 545 g/mol. The van der Waals surface area contributed by atoms with E-state index in [1.807, 2.05) is 20.2 Å². The summed E-state index contributed by atoms with van der Waals surface area (Å²) in [5, 5.41) is 11.6. The maximum Gasteiger partial charge on any atom is 0.237 e. The van der Waals surface area contributed by atoms with Crippen LogP contribution in [0.25, 0.3) is 22.3 Å². The van der Waals surface area contributed by atoms with Gasteiger partial charge in [-0.2, -0.15) is 0 Å². The molecule has 0 atom stereocenters. The molecule has 2 aromatic carbocycles. The number of phenolic OH excluding ortho intramolecular Hbond substituents is 1. The van der Waals surface area contributed by atoms with Crippen LogP contribution >= 0.6 is 11.6 Å². The van der Waals surface area contributed by atoms with Gasteiger partial charge in [0, 0.05) is 81.1 Å². The van der Waals surface area contributed by atoms with Crippen molar-refractivity contribution in [1.82, 2.24) is 14.8 Å². The molecule has 1 saturated heterocycles. The van der Waals surface area contributed by atoms with Crippen molar-refractivity contribution in [3.63, 3.8) is 0 Å². The van der Waals surface area contributed by atoms with Crippen molar-refractivity contribution in [3.8, 4) is 33.9 Å². The molecule has 41 heavy (non-hydrogen) atoms. The Balaban J connectivity index is 1.70. The number of amides is 1. The number of anilines is 2. The van der Waals surface area contributed by atoms with Crippen molar-refractivity contribution in [2.24, 2.45) is 0 Å². The van der Waals surface area contributed by atoms with Gasteiger partial charge in [0.2, 0.25) is 12.3 Å². The van der Waals surface area contributed by atoms with Crippen LogP contribution in [-0.2, 0) is 4.79 Å². The lowest BCUT2D eigenvalue weighted by Crippen LogP contribution is -2.53. The molecule has 1 aliphatic rings. The van der Waals surface area contributed by atoms with Crippen LogP contribution in [0.2, 0.25) is 5.02 Å². The lowest BCUT2D eigenvalue weighted by atomic mass is 9.97. The first-order valence-corrected chi connectivity index (χ1v) is 13.8. The highest BCUT2D eigenvalue weighted by Gasteiger charge is 2.28. The molecule has 0 aliphatic carbocycles. The number of hydrogen-bond acceptors (Lipinski definition) is 7. The average Bonchev–Trinajstić information content (AvgIpc) is 2.94. The van der Waals surface area contributed by atoms with Gasteiger partial charge in [0.1, 0.15) is 17.3 Å². The average molecular weight is 582 g/mol. The van der Waals surface area contributed by atoms with Gasteiger partial charge in [-0.05, 0) is 56.7 Å². The fourth-order valence-corrected chi connectivity index (χ4v) is 5.17. The number of rotatable bonds is 8. The standard InChI is InChI=1S/C31H37ClFN5O3/c1-31(2,3)38-13-11-36(12-14-38)28-16-22(19-34-30(28)41-6)25-18-23(33)17-24(29(25)40)21-7-8-27(26(32)15-21)37(20-39)10-9-35(4)5/h7-10,15-20,40H,11-14H2,1-6H3/b10-9-. The van der Waals surface area contributed by atoms with Gasteiger partial charge < -0.3 is 19.6 Å². The van der Waals surface area contributed by atoms with E-state index in [-0.39, 0.29) is 21.9 Å². The fourth-order valence-electron chi connectivity index (χ4n) is 4.89. The van der Waals surface area contributed by atoms with E-state index < -0.39 is 5.82 Å². The molecule has 4 rings (SSSR count). The number of halogens is 2. The minimum Gasteiger partial charge on any atom is -0.507 e. The van der Waals surface area contributed by atoms with Crippen LogP contribution < -0.4 is 14.5 Å². The third-order valence-electron chi connectivity index (χ3n) is 7.16. The first kappa shape index (κ1) is 30.1. The van der Waals surface area contributed by atoms with E-state index >= 15 is 0 Å². The molecule has 3 aromatic rings. The number of methoxy groups -OCH3 is 1. The minimum absolute atomic E-state index is 0.0789. The number of hydrogen-bond donors (Lipinski definition) is 1. The molecule has 1 fully saturated rings. The number of piperazine rings is 1. The van der Waals surface area contributed by atoms with E-state index in [1.54, 1.807) is 48.8 Å². The number of aromatic nitrogens is 1. The summed E-state index contributed by atoms with van der Waals surface area (Å²) in [6, 6.07) is 9.37. The molecule has 1 amide bonds. The lowest BCUT2D eigenvalue weighted by molar-refractivity contribution is -0.106. The van der Waals surface area contributed by atoms with Gasteiger partial charge in [0.15, 0.2) is 0 Å². The molecule has 0 unspecified atom stereocenters. The van der Waals surface area contributed by atoms with Gasteiger partial charge >= 0.3 is 0 Å². The van der Waals surface area contributed by atoms with E-state index in [4.69, 9.17) is 16.3 Å². The Morgan fingerprint density at radius 1 is 1.02 bits per heavy atom. The molecule has 10 heteroatoms. The second-order valence-corrected chi connectivity index (χ2v) is 11.6. The van der Waals surface area contributed by atoms with Crippen molar-refractivity contribution < 1.29 is 19.0 Å². The van der Waals surface area contributed by atoms with Crippen molar-refractivity contribution >= 4 is 29.4 Å². The highest BCUT2D eigenvalue weighted by atomic mass is 35.5. The van der Waals surface area contributed by atoms with E-state index in [9.17, 15) is 14.3 Å². The number of pyridine rings is 1. The SMILES string of the molecule is COc1ncc(-c2cc(F)cc(-c3ccc(N(C=O)/C=C\N(C)C)c(Cl)c3)c2O)cc1N1CCN(C(C)(C)C)CC1. The zero-order valence-corrected chi connectivity index (χ0v) is 25.1. The quantitative estimate of drug-likeness (QED) is 0.335. The van der Waals surface area contributed by atoms with Crippen molar-refractivity contribution in [2.75, 3.05) is 57.2 Å². The number of benzene rings is 2. The Kier molecular flexibility index (Phi) is 9.09. The van der Waals surface area contributed by atoms with Gasteiger partial charge in [-0.25, -0.2) is 9.37 Å². The summed E-state index contributed by atoms with van der Waals surface area (Å²) >= 11 is 6.54. The van der Waals surface area contributed by atoms with Crippen LogP contribution in [0.3, 0.4) is 0 Å². The smallest absolute Gasteiger partial charge is 0.237 e. The fraction of sp³-hybridized carbons (Fsp3) is 0.355. The Morgan fingerprint density at radius 3 is 2.24 bits per heavy atom. The Morgan fingerprint density at radius 2 is 1.68 bits per heavy atom. The maximum absolute atomic E-state index is 15.0. The molecule has 1 aliphatic heterocycles. The van der Waals surface area contributed by atoms with Gasteiger partial charge in [-0.15, -0.1) is 0 Å². The van der Waals surface area contributed by atoms with E-state index in [1.165, 1.54) is 17.0 Å². The lowest BCUT2D eigenvalue weighted by Gasteiger charge is -2.43. The molecule has 1 N–H and O–H groups in total. The molecular formula is C31H37ClFN5O3. The van der Waals surface area contributed by atoms with Crippen LogP contribution in [-0.4, -0.2) is 79.2 Å². The van der Waals surface area contributed by atoms with E-state index in [0.717, 1.165) is 31.9 Å². The van der Waals surface area contributed by atoms with Gasteiger partial charge in [-0.1, -0.05) is 17.7 Å². The molecule has 0 saturated carbocycles. The summed E-state index contributed by atoms with van der Waals surface area (Å²) < 4.78 is 20.6. The van der Waals surface area contributed by atoms with Crippen LogP contribution in [0.4, 0.5) is 15.8 Å². The van der Waals surface area contributed by atoms with Crippen molar-refractivity contribution in [3.05, 3.63) is 65.8 Å². The second-order valence-electron chi connectivity index (χ2n) is 11.2. The van der Waals surface area contributed by atoms with Gasteiger partial charge in [0.05, 0.1) is 17.8 Å². The molecule has 0 spiro atoms. The molecule has 0 bridgehead atoms. The first-order valence-electron chi connectivity index (χ1n) is 13.4. The summed E-state index contributed by atoms with van der Waals surface area (Å²) in [6.45, 7) is 9.95. The van der Waals surface area contributed by atoms with Gasteiger partial charge in [-0.3, -0.25) is 14.6 Å². The molecule has 2 heterocycles. The summed E-state index contributed by atoms with van der Waals surface area (Å²) in [5.74, 6) is -0.155. The summed E-state index contributed by atoms with van der Waals surface area (Å²) in [6.07, 6.45) is 5.52. The predicted octanol–water partition coefficient (Wildman–Crippen LogP) is 5.84. The van der Waals surface area contributed by atoms with Crippen LogP contribution in [0.5, 0.6) is 11.6 Å². The largest absolute Gasteiger partial charge is 0.507 e. The molecule has 1 aromatic heterocycles. The predicted molar refractivity (Wildman–Crippen MR) is 163 cm³/mol. The molecule has 8 nitrogen and oxygen atoms in total. The highest BCUT2D eigenvalue weighted by molar-refractivity contribution is 6.34. The minimum atomic E-state index is -0.521. The summed E-state index contributed by atoms with van der Waals surface area (Å²) in [5.41, 5.74) is 2.95. The maximum atomic E-state index is 15.0. The summed E-state index contributed by atoms with van der Waals surface area (Å²) in [7, 11) is 5.25. The van der Waals surface area contributed by atoms with Crippen LogP contribution in [0, 0.1) is 5.82 Å². The number of aromatic hydroxyl groups is 1. The number of carbonyl (C=O) groups excluding carboxylic acids is 1. The monoisotopic (exact) mass is 581 g/mol. The molecule has 218 valence electrons. The summed E-state index contributed by atoms with van der Waals surface area (Å²) in [4.78, 5) is 23.9. The van der Waals surface area contributed by atoms with Gasteiger partial charge in [0.25, 0.3) is 0 Å². The normalized spacial score (nSPS) is 14.4. The number of phenols is 1. The van der Waals surface area contributed by atoms with E-state index in [0.29, 0.717) is 34.7 Å². The number of carbonyl (C=O) groups is 1. The van der Waals surface area contributed by atoms with Crippen LogP contribution in [0.15, 0.2) is 55.0 Å². The third kappa shape index (κ3) is 6.74. The topological polar surface area (TPSA) is 72.4 Å². The van der Waals surface area contributed by atoms with Crippen molar-refractivity contribution in [2.45, 2.75) is 26.3 Å². The number of ether oxygens (including phenoxy) is 1. The van der Waals surface area contributed by atoms with Crippen molar-refractivity contribution in [1.29, 1.82) is 0 Å². The van der Waals surface area contributed by atoms with Crippen LogP contribution in [0.1, 0.15) is 20.8 Å². The first-order chi connectivity index (χ1) is 19.4. The number of nitrogens with zero attached hydrogens (tertiary/aromatic N) is 5. The zero-order chi connectivity index (χ0) is 29.9.